The third kappa shape index (κ3) is 3.55. The molecule has 2 aliphatic rings. The largest absolute Gasteiger partial charge is 0.416 e. The van der Waals surface area contributed by atoms with E-state index in [9.17, 15) is 14.0 Å². The van der Waals surface area contributed by atoms with Crippen LogP contribution in [0.25, 0.3) is 0 Å². The van der Waals surface area contributed by atoms with Crippen molar-refractivity contribution < 1.29 is 18.7 Å². The Labute approximate surface area is 162 Å². The van der Waals surface area contributed by atoms with Crippen molar-refractivity contribution in [3.63, 3.8) is 0 Å². The van der Waals surface area contributed by atoms with Crippen molar-refractivity contribution in [3.05, 3.63) is 88.2 Å². The van der Waals surface area contributed by atoms with Gasteiger partial charge < -0.3 is 10.1 Å². The lowest BCUT2D eigenvalue weighted by atomic mass is 9.88. The van der Waals surface area contributed by atoms with Gasteiger partial charge in [0.25, 0.3) is 0 Å². The summed E-state index contributed by atoms with van der Waals surface area (Å²) in [5, 5.41) is 2.62. The summed E-state index contributed by atoms with van der Waals surface area (Å²) in [7, 11) is 0. The fourth-order valence-electron chi connectivity index (χ4n) is 3.59. The summed E-state index contributed by atoms with van der Waals surface area (Å²) in [4.78, 5) is 25.6. The first-order valence-electron chi connectivity index (χ1n) is 9.09. The number of benzene rings is 2. The lowest BCUT2D eigenvalue weighted by Crippen LogP contribution is -2.41. The Hall–Kier alpha value is -3.37. The molecule has 0 bridgehead atoms. The monoisotopic (exact) mass is 378 g/mol. The van der Waals surface area contributed by atoms with Gasteiger partial charge in [0.2, 0.25) is 5.91 Å². The van der Waals surface area contributed by atoms with E-state index in [1.54, 1.807) is 17.0 Å². The van der Waals surface area contributed by atoms with Gasteiger partial charge in [-0.2, -0.15) is 0 Å². The molecule has 1 heterocycles. The van der Waals surface area contributed by atoms with Crippen molar-refractivity contribution in [1.82, 2.24) is 10.2 Å². The fraction of sp³-hybridized carbons (Fsp3) is 0.227. The number of halogens is 1. The highest BCUT2D eigenvalue weighted by Gasteiger charge is 2.34. The average molecular weight is 378 g/mol. The van der Waals surface area contributed by atoms with Crippen LogP contribution in [0.4, 0.5) is 9.18 Å². The van der Waals surface area contributed by atoms with Crippen molar-refractivity contribution in [2.24, 2.45) is 0 Å². The maximum absolute atomic E-state index is 13.4. The second-order valence-corrected chi connectivity index (χ2v) is 6.85. The molecule has 4 rings (SSSR count). The molecule has 2 aromatic carbocycles. The molecule has 0 spiro atoms. The number of hydrogen-bond donors (Lipinski definition) is 1. The molecular formula is C22H19FN2O3. The van der Waals surface area contributed by atoms with Crippen molar-refractivity contribution in [1.29, 1.82) is 0 Å². The Morgan fingerprint density at radius 3 is 2.61 bits per heavy atom. The first-order valence-corrected chi connectivity index (χ1v) is 9.09. The Morgan fingerprint density at radius 1 is 1.18 bits per heavy atom. The first kappa shape index (κ1) is 18.0. The molecule has 1 atom stereocenters. The van der Waals surface area contributed by atoms with Crippen LogP contribution in [-0.4, -0.2) is 23.4 Å². The van der Waals surface area contributed by atoms with E-state index in [2.05, 4.69) is 11.0 Å². The summed E-state index contributed by atoms with van der Waals surface area (Å²) < 4.78 is 18.9. The Balaban J connectivity index is 1.62. The standard InChI is InChI=1S/C22H19FN2O3/c1-14(26)24-18-12-19(13-18)28-22(27)25-11-10-15-4-2-3-5-20(15)21(25)16-6-8-17(23)9-7-16/h2-9,21H,10-12H2,1H3,(H,24,26)/t21-/m0/s1. The number of ether oxygens (including phenoxy) is 1. The Morgan fingerprint density at radius 2 is 1.89 bits per heavy atom. The number of hydrogen-bond acceptors (Lipinski definition) is 3. The Bertz CT molecular complexity index is 1010. The maximum Gasteiger partial charge on any atom is 0.416 e. The molecule has 0 fully saturated rings. The number of nitrogens with zero attached hydrogens (tertiary/aromatic N) is 1. The molecule has 0 aromatic heterocycles. The van der Waals surface area contributed by atoms with Gasteiger partial charge in [0.05, 0.1) is 18.2 Å². The molecule has 1 aliphatic heterocycles. The summed E-state index contributed by atoms with van der Waals surface area (Å²) in [6.45, 7) is 1.91. The van der Waals surface area contributed by atoms with E-state index < -0.39 is 6.09 Å². The highest BCUT2D eigenvalue weighted by atomic mass is 19.1. The summed E-state index contributed by atoms with van der Waals surface area (Å²) in [6.07, 6.45) is 0.597. The van der Waals surface area contributed by atoms with Crippen molar-refractivity contribution in [2.75, 3.05) is 6.54 Å². The van der Waals surface area contributed by atoms with E-state index in [1.165, 1.54) is 19.1 Å². The minimum Gasteiger partial charge on any atom is -0.406 e. The molecule has 2 amide bonds. The zero-order valence-corrected chi connectivity index (χ0v) is 15.4. The summed E-state index contributed by atoms with van der Waals surface area (Å²) in [5.74, 6) is -0.111. The van der Waals surface area contributed by atoms with Crippen LogP contribution < -0.4 is 5.32 Å². The number of nitrogens with one attached hydrogen (secondary N) is 1. The molecule has 5 nitrogen and oxygen atoms in total. The third-order valence-corrected chi connectivity index (χ3v) is 4.87. The van der Waals surface area contributed by atoms with Crippen LogP contribution in [0.15, 0.2) is 65.7 Å². The highest BCUT2D eigenvalue weighted by molar-refractivity contribution is 5.76. The summed E-state index contributed by atoms with van der Waals surface area (Å²) in [5.41, 5.74) is 6.44. The zero-order chi connectivity index (χ0) is 19.7. The van der Waals surface area contributed by atoms with Gasteiger partial charge in [-0.25, -0.2) is 9.18 Å². The van der Waals surface area contributed by atoms with Crippen LogP contribution in [0.3, 0.4) is 0 Å². The van der Waals surface area contributed by atoms with Crippen LogP contribution in [0.2, 0.25) is 0 Å². The van der Waals surface area contributed by atoms with E-state index >= 15 is 0 Å². The maximum atomic E-state index is 13.4. The summed E-state index contributed by atoms with van der Waals surface area (Å²) in [6, 6.07) is 13.8. The zero-order valence-electron chi connectivity index (χ0n) is 15.4. The van der Waals surface area contributed by atoms with Crippen LogP contribution in [-0.2, 0) is 16.0 Å². The minimum absolute atomic E-state index is 0.183. The number of amides is 2. The van der Waals surface area contributed by atoms with Crippen molar-refractivity contribution in [2.45, 2.75) is 25.8 Å². The number of rotatable bonds is 3. The second-order valence-electron chi connectivity index (χ2n) is 6.85. The van der Waals surface area contributed by atoms with Crippen LogP contribution in [0, 0.1) is 5.82 Å². The van der Waals surface area contributed by atoms with Gasteiger partial charge in [-0.3, -0.25) is 9.69 Å². The van der Waals surface area contributed by atoms with E-state index in [4.69, 9.17) is 4.74 Å². The smallest absolute Gasteiger partial charge is 0.406 e. The topological polar surface area (TPSA) is 58.6 Å². The number of carbonyl (C=O) groups excluding carboxylic acids is 2. The van der Waals surface area contributed by atoms with E-state index in [1.807, 2.05) is 24.3 Å². The van der Waals surface area contributed by atoms with Crippen molar-refractivity contribution >= 4 is 12.0 Å². The van der Waals surface area contributed by atoms with E-state index in [-0.39, 0.29) is 17.8 Å². The molecule has 0 unspecified atom stereocenters. The minimum atomic E-state index is -0.479. The van der Waals surface area contributed by atoms with Gasteiger partial charge in [0, 0.05) is 13.5 Å². The molecular weight excluding hydrogens is 359 g/mol. The van der Waals surface area contributed by atoms with Crippen LogP contribution >= 0.6 is 0 Å². The van der Waals surface area contributed by atoms with E-state index in [0.29, 0.717) is 24.4 Å². The van der Waals surface area contributed by atoms with Gasteiger partial charge in [-0.15, -0.1) is 0 Å². The summed E-state index contributed by atoms with van der Waals surface area (Å²) >= 11 is 0. The quantitative estimate of drug-likeness (QED) is 0.826. The fourth-order valence-corrected chi connectivity index (χ4v) is 3.59. The van der Waals surface area contributed by atoms with Crippen molar-refractivity contribution in [3.8, 4) is 0 Å². The molecule has 6 heteroatoms. The van der Waals surface area contributed by atoms with Gasteiger partial charge in [-0.05, 0) is 35.2 Å². The first-order chi connectivity index (χ1) is 13.5. The lowest BCUT2D eigenvalue weighted by Gasteiger charge is -2.37. The molecule has 1 N–H and O–H groups in total. The van der Waals surface area contributed by atoms with Gasteiger partial charge in [-0.1, -0.05) is 42.1 Å². The molecule has 142 valence electrons. The average Bonchev–Trinajstić information content (AvgIpc) is 2.65. The molecule has 0 radical (unpaired) electrons. The third-order valence-electron chi connectivity index (χ3n) is 4.87. The molecule has 28 heavy (non-hydrogen) atoms. The number of carbonyl (C=O) groups is 2. The van der Waals surface area contributed by atoms with Crippen LogP contribution in [0.1, 0.15) is 36.1 Å². The Kier molecular flexibility index (Phi) is 4.72. The normalized spacial score (nSPS) is 17.6. The highest BCUT2D eigenvalue weighted by Crippen LogP contribution is 2.36. The number of fused-ring (bicyclic) bond motifs is 1. The molecule has 0 saturated carbocycles. The SMILES string of the molecule is CC(=O)NC1=C=C(OC(=O)N2CCc3ccccc3[C@@H]2c2ccc(F)cc2)C1. The van der Waals surface area contributed by atoms with E-state index in [0.717, 1.165) is 23.1 Å². The van der Waals surface area contributed by atoms with Gasteiger partial charge in [0.15, 0.2) is 5.76 Å². The lowest BCUT2D eigenvalue weighted by molar-refractivity contribution is -0.118. The molecule has 0 saturated heterocycles. The predicted octanol–water partition coefficient (Wildman–Crippen LogP) is 3.82. The predicted molar refractivity (Wildman–Crippen MR) is 101 cm³/mol. The van der Waals surface area contributed by atoms with Crippen LogP contribution in [0.5, 0.6) is 0 Å². The molecule has 2 aromatic rings. The van der Waals surface area contributed by atoms with Gasteiger partial charge in [0.1, 0.15) is 5.82 Å². The molecule has 1 aliphatic carbocycles. The second kappa shape index (κ2) is 7.33. The van der Waals surface area contributed by atoms with Gasteiger partial charge >= 0.3 is 6.09 Å².